The van der Waals surface area contributed by atoms with E-state index in [1.54, 1.807) is 0 Å². The second kappa shape index (κ2) is 16.8. The lowest BCUT2D eigenvalue weighted by Crippen LogP contribution is -2.31. The number of allylic oxidation sites excluding steroid dienone is 4. The maximum absolute atomic E-state index is 5.25. The van der Waals surface area contributed by atoms with Gasteiger partial charge in [-0.1, -0.05) is 155 Å². The molecule has 6 rings (SSSR count). The zero-order chi connectivity index (χ0) is 35.5. The van der Waals surface area contributed by atoms with Crippen LogP contribution in [0.15, 0.2) is 160 Å². The van der Waals surface area contributed by atoms with Crippen molar-refractivity contribution in [2.45, 2.75) is 59.4 Å². The molecule has 1 heterocycles. The Kier molecular flexibility index (Phi) is 12.1. The van der Waals surface area contributed by atoms with Gasteiger partial charge in [-0.15, -0.1) is 0 Å². The third-order valence-corrected chi connectivity index (χ3v) is 9.17. The Morgan fingerprint density at radius 2 is 1.58 bits per heavy atom. The molecule has 0 fully saturated rings. The highest BCUT2D eigenvalue weighted by molar-refractivity contribution is 6.16. The van der Waals surface area contributed by atoms with Gasteiger partial charge in [0.15, 0.2) is 11.7 Å². The highest BCUT2D eigenvalue weighted by atomic mass is 15.1. The van der Waals surface area contributed by atoms with E-state index in [2.05, 4.69) is 178 Å². The largest absolute Gasteiger partial charge is 0.377 e. The maximum atomic E-state index is 5.25. The Hall–Kier alpha value is -5.35. The van der Waals surface area contributed by atoms with E-state index in [1.807, 2.05) is 13.8 Å². The fraction of sp³-hybridized carbons (Fsp3) is 0.239. The van der Waals surface area contributed by atoms with Crippen molar-refractivity contribution in [3.05, 3.63) is 178 Å². The summed E-state index contributed by atoms with van der Waals surface area (Å²) in [5.74, 6) is 1.22. The molecule has 0 radical (unpaired) electrons. The number of nitrogens with zero attached hydrogens (tertiary/aromatic N) is 4. The molecule has 0 amide bonds. The first kappa shape index (κ1) is 35.9. The SMILES string of the molecule is C=NC(=NC(=NCc1ccc(C)cc1)C(/C=C\CC)=C/CC)c1cccc2c1-c1ccccc1C2(C1=CCN(C)C=C1)c1ccccc1.CC. The van der Waals surface area contributed by atoms with Gasteiger partial charge < -0.3 is 4.90 Å². The molecule has 1 aliphatic carbocycles. The van der Waals surface area contributed by atoms with E-state index in [9.17, 15) is 0 Å². The molecule has 0 spiro atoms. The third kappa shape index (κ3) is 7.16. The van der Waals surface area contributed by atoms with E-state index in [0.717, 1.165) is 41.6 Å². The summed E-state index contributed by atoms with van der Waals surface area (Å²) in [7, 11) is 2.11. The van der Waals surface area contributed by atoms with Gasteiger partial charge in [0.1, 0.15) is 0 Å². The number of fused-ring (bicyclic) bond motifs is 3. The molecule has 0 bridgehead atoms. The average Bonchev–Trinajstić information content (AvgIpc) is 3.47. The van der Waals surface area contributed by atoms with Crippen molar-refractivity contribution in [1.82, 2.24) is 4.90 Å². The Morgan fingerprint density at radius 3 is 2.26 bits per heavy atom. The van der Waals surface area contributed by atoms with E-state index < -0.39 is 5.41 Å². The smallest absolute Gasteiger partial charge is 0.161 e. The Labute approximate surface area is 299 Å². The van der Waals surface area contributed by atoms with Gasteiger partial charge in [-0.05, 0) is 77.7 Å². The van der Waals surface area contributed by atoms with Crippen molar-refractivity contribution in [2.75, 3.05) is 13.6 Å². The first-order chi connectivity index (χ1) is 24.5. The standard InChI is InChI=1S/C44H44N4.C2H6/c1-6-8-16-34(15-7-2)42(46-31-33-25-23-32(3)24-26-33)47-43(45-4)38-20-14-22-40-41(38)37-19-12-13-21-39(37)44(40,35-17-10-9-11-18-35)36-27-29-48(5)30-28-36;1-2/h8-29H,4,6-7,30-31H2,1-3,5H3;1-2H3/b16-8-,34-15+,46-42?,47-43?;. The number of aryl methyl sites for hydroxylation is 1. The van der Waals surface area contributed by atoms with Crippen molar-refractivity contribution in [3.63, 3.8) is 0 Å². The van der Waals surface area contributed by atoms with Gasteiger partial charge in [0.25, 0.3) is 0 Å². The number of benzene rings is 4. The van der Waals surface area contributed by atoms with Crippen LogP contribution in [0.4, 0.5) is 0 Å². The quantitative estimate of drug-likeness (QED) is 0.100. The van der Waals surface area contributed by atoms with Crippen molar-refractivity contribution >= 4 is 18.4 Å². The summed E-state index contributed by atoms with van der Waals surface area (Å²) in [5, 5.41) is 0. The van der Waals surface area contributed by atoms with Crippen molar-refractivity contribution in [3.8, 4) is 11.1 Å². The summed E-state index contributed by atoms with van der Waals surface area (Å²) in [6.07, 6.45) is 15.1. The van der Waals surface area contributed by atoms with Crippen LogP contribution in [0.2, 0.25) is 0 Å². The van der Waals surface area contributed by atoms with Crippen LogP contribution in [-0.4, -0.2) is 36.9 Å². The topological polar surface area (TPSA) is 40.3 Å². The summed E-state index contributed by atoms with van der Waals surface area (Å²) in [6.45, 7) is 15.8. The molecule has 4 heteroatoms. The molecule has 4 aromatic carbocycles. The summed E-state index contributed by atoms with van der Waals surface area (Å²) in [4.78, 5) is 17.2. The first-order valence-corrected chi connectivity index (χ1v) is 17.9. The van der Waals surface area contributed by atoms with Crippen LogP contribution in [0, 0.1) is 6.92 Å². The number of rotatable bonds is 9. The highest BCUT2D eigenvalue weighted by Crippen LogP contribution is 2.57. The van der Waals surface area contributed by atoms with E-state index in [-0.39, 0.29) is 0 Å². The van der Waals surface area contributed by atoms with Gasteiger partial charge in [-0.25, -0.2) is 9.98 Å². The number of aliphatic imine (C=N–C) groups is 3. The van der Waals surface area contributed by atoms with Gasteiger partial charge in [0.05, 0.1) is 12.0 Å². The molecule has 50 heavy (non-hydrogen) atoms. The molecule has 0 saturated heterocycles. The number of amidine groups is 2. The van der Waals surface area contributed by atoms with Crippen LogP contribution in [0.3, 0.4) is 0 Å². The van der Waals surface area contributed by atoms with Gasteiger partial charge >= 0.3 is 0 Å². The molecule has 0 N–H and O–H groups in total. The predicted molar refractivity (Wildman–Crippen MR) is 216 cm³/mol. The number of hydrogen-bond acceptors (Lipinski definition) is 2. The minimum atomic E-state index is -0.493. The van der Waals surface area contributed by atoms with E-state index in [0.29, 0.717) is 18.2 Å². The molecule has 0 aromatic heterocycles. The zero-order valence-electron chi connectivity index (χ0n) is 30.5. The van der Waals surface area contributed by atoms with Crippen LogP contribution in [0.5, 0.6) is 0 Å². The second-order valence-corrected chi connectivity index (χ2v) is 12.4. The van der Waals surface area contributed by atoms with Crippen LogP contribution >= 0.6 is 0 Å². The van der Waals surface area contributed by atoms with Gasteiger partial charge in [-0.2, -0.15) is 0 Å². The minimum Gasteiger partial charge on any atom is -0.377 e. The normalized spacial score (nSPS) is 17.2. The first-order valence-electron chi connectivity index (χ1n) is 17.9. The lowest BCUT2D eigenvalue weighted by Gasteiger charge is -2.36. The van der Waals surface area contributed by atoms with Crippen molar-refractivity contribution < 1.29 is 0 Å². The van der Waals surface area contributed by atoms with Gasteiger partial charge in [-0.3, -0.25) is 4.99 Å². The fourth-order valence-electron chi connectivity index (χ4n) is 6.88. The van der Waals surface area contributed by atoms with E-state index in [1.165, 1.54) is 33.4 Å². The number of hydrogen-bond donors (Lipinski definition) is 0. The summed E-state index contributed by atoms with van der Waals surface area (Å²) in [5.41, 5.74) is 11.1. The van der Waals surface area contributed by atoms with Crippen LogP contribution in [0.25, 0.3) is 11.1 Å². The Bertz CT molecular complexity index is 1970. The van der Waals surface area contributed by atoms with E-state index in [4.69, 9.17) is 9.98 Å². The minimum absolute atomic E-state index is 0.493. The third-order valence-electron chi connectivity index (χ3n) is 9.17. The summed E-state index contributed by atoms with van der Waals surface area (Å²) >= 11 is 0. The van der Waals surface area contributed by atoms with Gasteiger partial charge in [0.2, 0.25) is 0 Å². The van der Waals surface area contributed by atoms with Gasteiger partial charge in [0, 0.05) is 24.7 Å². The highest BCUT2D eigenvalue weighted by Gasteiger charge is 2.47. The predicted octanol–water partition coefficient (Wildman–Crippen LogP) is 11.1. The monoisotopic (exact) mass is 658 g/mol. The average molecular weight is 659 g/mol. The van der Waals surface area contributed by atoms with Crippen molar-refractivity contribution in [2.24, 2.45) is 15.0 Å². The summed E-state index contributed by atoms with van der Waals surface area (Å²) in [6, 6.07) is 34.7. The molecule has 4 nitrogen and oxygen atoms in total. The number of likely N-dealkylation sites (N-methyl/N-ethyl adjacent to an activating group) is 1. The molecule has 1 aliphatic heterocycles. The van der Waals surface area contributed by atoms with Crippen LogP contribution in [0.1, 0.15) is 73.9 Å². The Morgan fingerprint density at radius 1 is 0.860 bits per heavy atom. The molecule has 1 unspecified atom stereocenters. The fourth-order valence-corrected chi connectivity index (χ4v) is 6.88. The lowest BCUT2D eigenvalue weighted by molar-refractivity contribution is 0.497. The molecule has 1 atom stereocenters. The van der Waals surface area contributed by atoms with Crippen molar-refractivity contribution in [1.29, 1.82) is 0 Å². The summed E-state index contributed by atoms with van der Waals surface area (Å²) < 4.78 is 0. The molecular formula is C46H50N4. The molecule has 4 aromatic rings. The molecular weight excluding hydrogens is 609 g/mol. The van der Waals surface area contributed by atoms with Crippen LogP contribution in [-0.2, 0) is 12.0 Å². The Balaban J connectivity index is 0.00000239. The molecule has 2 aliphatic rings. The second-order valence-electron chi connectivity index (χ2n) is 12.4. The molecule has 254 valence electrons. The lowest BCUT2D eigenvalue weighted by atomic mass is 9.66. The zero-order valence-corrected chi connectivity index (χ0v) is 30.5. The van der Waals surface area contributed by atoms with Crippen LogP contribution < -0.4 is 0 Å². The van der Waals surface area contributed by atoms with E-state index >= 15 is 0 Å². The molecule has 0 saturated carbocycles. The maximum Gasteiger partial charge on any atom is 0.161 e.